The lowest BCUT2D eigenvalue weighted by atomic mass is 10.0. The van der Waals surface area contributed by atoms with Gasteiger partial charge < -0.3 is 9.84 Å². The van der Waals surface area contributed by atoms with Gasteiger partial charge in [-0.05, 0) is 22.2 Å². The largest absolute Gasteiger partial charge is 0.507 e. The van der Waals surface area contributed by atoms with Gasteiger partial charge in [0.15, 0.2) is 0 Å². The van der Waals surface area contributed by atoms with Gasteiger partial charge in [0.1, 0.15) is 5.75 Å². The highest BCUT2D eigenvalue weighted by Gasteiger charge is 2.03. The van der Waals surface area contributed by atoms with E-state index in [1.165, 1.54) is 5.39 Å². The number of phenols is 1. The highest BCUT2D eigenvalue weighted by molar-refractivity contribution is 6.10. The fourth-order valence-corrected chi connectivity index (χ4v) is 2.03. The van der Waals surface area contributed by atoms with Gasteiger partial charge in [-0.3, -0.25) is 0 Å². The second-order valence-corrected chi connectivity index (χ2v) is 4.07. The summed E-state index contributed by atoms with van der Waals surface area (Å²) < 4.78 is 4.25. The van der Waals surface area contributed by atoms with Gasteiger partial charge in [-0.25, -0.2) is 0 Å². The Morgan fingerprint density at radius 2 is 1.28 bits per heavy atom. The monoisotopic (exact) mass is 240 g/mol. The molecule has 2 nitrogen and oxygen atoms in total. The number of ether oxygens (including phenoxy) is 1. The van der Waals surface area contributed by atoms with Crippen LogP contribution in [0.1, 0.15) is 0 Å². The normalized spacial score (nSPS) is 10.1. The van der Waals surface area contributed by atoms with Crippen molar-refractivity contribution in [1.82, 2.24) is 0 Å². The van der Waals surface area contributed by atoms with Crippen LogP contribution < -0.4 is 0 Å². The zero-order valence-corrected chi connectivity index (χ0v) is 10.6. The summed E-state index contributed by atoms with van der Waals surface area (Å²) in [7, 11) is 3.25. The molecule has 0 bridgehead atoms. The molecule has 3 aromatic rings. The number of hydrogen-bond acceptors (Lipinski definition) is 2. The smallest absolute Gasteiger partial charge is 0.124 e. The van der Waals surface area contributed by atoms with Gasteiger partial charge in [-0.1, -0.05) is 48.5 Å². The zero-order valence-electron chi connectivity index (χ0n) is 10.6. The van der Waals surface area contributed by atoms with Crippen LogP contribution in [0.5, 0.6) is 5.75 Å². The first-order valence-corrected chi connectivity index (χ1v) is 5.77. The molecule has 0 atom stereocenters. The third-order valence-corrected chi connectivity index (χ3v) is 2.75. The fourth-order valence-electron chi connectivity index (χ4n) is 2.03. The number of methoxy groups -OCH3 is 1. The van der Waals surface area contributed by atoms with Crippen LogP contribution in [0, 0.1) is 0 Å². The van der Waals surface area contributed by atoms with Crippen LogP contribution in [-0.2, 0) is 4.74 Å². The van der Waals surface area contributed by atoms with Crippen LogP contribution in [0.25, 0.3) is 21.5 Å². The number of rotatable bonds is 0. The minimum atomic E-state index is 0.351. The van der Waals surface area contributed by atoms with E-state index in [9.17, 15) is 5.11 Å². The fraction of sp³-hybridized carbons (Fsp3) is 0.125. The minimum Gasteiger partial charge on any atom is -0.507 e. The second-order valence-electron chi connectivity index (χ2n) is 4.07. The first-order valence-electron chi connectivity index (χ1n) is 5.77. The average molecular weight is 240 g/mol. The van der Waals surface area contributed by atoms with E-state index in [-0.39, 0.29) is 0 Å². The van der Waals surface area contributed by atoms with E-state index in [0.717, 1.165) is 16.2 Å². The molecule has 0 saturated carbocycles. The lowest BCUT2D eigenvalue weighted by Gasteiger charge is -2.05. The van der Waals surface area contributed by atoms with E-state index in [1.54, 1.807) is 14.2 Å². The number of phenolic OH excluding ortho intramolecular Hbond substituents is 1. The minimum absolute atomic E-state index is 0.351. The maximum Gasteiger partial charge on any atom is 0.124 e. The van der Waals surface area contributed by atoms with Crippen molar-refractivity contribution in [2.75, 3.05) is 14.2 Å². The maximum atomic E-state index is 9.87. The van der Waals surface area contributed by atoms with Crippen LogP contribution in [0.2, 0.25) is 0 Å². The van der Waals surface area contributed by atoms with Gasteiger partial charge in [0.05, 0.1) is 0 Å². The molecule has 3 rings (SSSR count). The third-order valence-electron chi connectivity index (χ3n) is 2.75. The molecular weight excluding hydrogens is 224 g/mol. The van der Waals surface area contributed by atoms with Crippen molar-refractivity contribution in [3.05, 3.63) is 54.6 Å². The number of aromatic hydroxyl groups is 1. The quantitative estimate of drug-likeness (QED) is 0.603. The molecule has 18 heavy (non-hydrogen) atoms. The van der Waals surface area contributed by atoms with Gasteiger partial charge in [-0.2, -0.15) is 0 Å². The zero-order chi connectivity index (χ0) is 13.0. The Balaban J connectivity index is 0.000000367. The molecule has 0 aliphatic rings. The molecular formula is C16H16O2. The number of fused-ring (bicyclic) bond motifs is 3. The van der Waals surface area contributed by atoms with Crippen LogP contribution in [0.3, 0.4) is 0 Å². The molecule has 2 heteroatoms. The Bertz CT molecular complexity index is 659. The summed E-state index contributed by atoms with van der Waals surface area (Å²) in [6.07, 6.45) is 0. The first kappa shape index (κ1) is 12.4. The molecule has 0 radical (unpaired) electrons. The van der Waals surface area contributed by atoms with Crippen LogP contribution in [0.15, 0.2) is 54.6 Å². The molecule has 0 aromatic heterocycles. The lowest BCUT2D eigenvalue weighted by Crippen LogP contribution is -1.77. The van der Waals surface area contributed by atoms with Gasteiger partial charge in [0.25, 0.3) is 0 Å². The van der Waals surface area contributed by atoms with Crippen LogP contribution in [0.4, 0.5) is 0 Å². The van der Waals surface area contributed by atoms with Gasteiger partial charge >= 0.3 is 0 Å². The Labute approximate surface area is 106 Å². The Kier molecular flexibility index (Phi) is 3.80. The molecule has 0 heterocycles. The van der Waals surface area contributed by atoms with E-state index < -0.39 is 0 Å². The highest BCUT2D eigenvalue weighted by atomic mass is 16.4. The van der Waals surface area contributed by atoms with E-state index in [1.807, 2.05) is 48.5 Å². The Morgan fingerprint density at radius 3 is 1.94 bits per heavy atom. The number of benzene rings is 3. The van der Waals surface area contributed by atoms with Gasteiger partial charge in [0.2, 0.25) is 0 Å². The Morgan fingerprint density at radius 1 is 0.778 bits per heavy atom. The topological polar surface area (TPSA) is 29.5 Å². The molecule has 0 fully saturated rings. The average Bonchev–Trinajstić information content (AvgIpc) is 2.40. The van der Waals surface area contributed by atoms with Crippen molar-refractivity contribution < 1.29 is 9.84 Å². The molecule has 92 valence electrons. The van der Waals surface area contributed by atoms with Crippen molar-refractivity contribution in [3.63, 3.8) is 0 Å². The summed E-state index contributed by atoms with van der Waals surface area (Å²) in [6, 6.07) is 17.8. The first-order chi connectivity index (χ1) is 8.77. The van der Waals surface area contributed by atoms with Crippen molar-refractivity contribution in [2.24, 2.45) is 0 Å². The van der Waals surface area contributed by atoms with E-state index in [2.05, 4.69) is 10.8 Å². The SMILES string of the molecule is COC.Oc1cc2ccccc2c2ccccc12. The summed E-state index contributed by atoms with van der Waals surface area (Å²) in [6.45, 7) is 0. The summed E-state index contributed by atoms with van der Waals surface area (Å²) in [5.41, 5.74) is 0. The van der Waals surface area contributed by atoms with Crippen LogP contribution >= 0.6 is 0 Å². The lowest BCUT2D eigenvalue weighted by molar-refractivity contribution is 0.277. The third kappa shape index (κ3) is 2.29. The standard InChI is InChI=1S/C14H10O.C2H6O/c15-14-9-10-5-1-2-6-11(10)12-7-3-4-8-13(12)14;1-3-2/h1-9,15H;1-2H3. The van der Waals surface area contributed by atoms with Gasteiger partial charge in [0, 0.05) is 19.6 Å². The van der Waals surface area contributed by atoms with Crippen molar-refractivity contribution in [1.29, 1.82) is 0 Å². The molecule has 0 aliphatic heterocycles. The van der Waals surface area contributed by atoms with E-state index in [4.69, 9.17) is 0 Å². The molecule has 0 spiro atoms. The van der Waals surface area contributed by atoms with Crippen LogP contribution in [-0.4, -0.2) is 19.3 Å². The summed E-state index contributed by atoms with van der Waals surface area (Å²) in [5.74, 6) is 0.351. The molecule has 0 aliphatic carbocycles. The summed E-state index contributed by atoms with van der Waals surface area (Å²) in [4.78, 5) is 0. The van der Waals surface area contributed by atoms with Crippen molar-refractivity contribution in [2.45, 2.75) is 0 Å². The molecule has 0 amide bonds. The molecule has 0 saturated heterocycles. The highest BCUT2D eigenvalue weighted by Crippen LogP contribution is 2.32. The van der Waals surface area contributed by atoms with Gasteiger partial charge in [-0.15, -0.1) is 0 Å². The maximum absolute atomic E-state index is 9.87. The molecule has 1 N–H and O–H groups in total. The predicted octanol–water partition coefficient (Wildman–Crippen LogP) is 3.96. The Hall–Kier alpha value is -2.06. The second kappa shape index (κ2) is 5.52. The van der Waals surface area contributed by atoms with Crippen molar-refractivity contribution >= 4 is 21.5 Å². The number of hydrogen-bond donors (Lipinski definition) is 1. The van der Waals surface area contributed by atoms with E-state index in [0.29, 0.717) is 5.75 Å². The predicted molar refractivity (Wildman–Crippen MR) is 76.1 cm³/mol. The molecule has 3 aromatic carbocycles. The van der Waals surface area contributed by atoms with E-state index >= 15 is 0 Å². The summed E-state index contributed by atoms with van der Waals surface area (Å²) in [5, 5.41) is 14.2. The van der Waals surface area contributed by atoms with Crippen molar-refractivity contribution in [3.8, 4) is 5.75 Å². The summed E-state index contributed by atoms with van der Waals surface area (Å²) >= 11 is 0. The molecule has 0 unspecified atom stereocenters.